The van der Waals surface area contributed by atoms with Crippen molar-refractivity contribution in [3.05, 3.63) is 24.5 Å². The Morgan fingerprint density at radius 1 is 0.839 bits per heavy atom. The van der Waals surface area contributed by atoms with Crippen molar-refractivity contribution in [1.82, 2.24) is 9.97 Å². The molecule has 31 heavy (non-hydrogen) atoms. The SMILES string of the molecule is C=Cc1cnc(N(C(=O)OC(C)(C)C)C(=O)OC(C)(C)C)nc1.CC(C)(O)C(C)(C)O. The molecule has 2 amide bonds. The lowest BCUT2D eigenvalue weighted by Crippen LogP contribution is -2.44. The summed E-state index contributed by atoms with van der Waals surface area (Å²) in [6, 6.07) is 0. The van der Waals surface area contributed by atoms with E-state index in [9.17, 15) is 9.59 Å². The molecule has 1 heterocycles. The van der Waals surface area contributed by atoms with Gasteiger partial charge in [-0.05, 0) is 69.2 Å². The van der Waals surface area contributed by atoms with E-state index < -0.39 is 34.6 Å². The van der Waals surface area contributed by atoms with Gasteiger partial charge in [0, 0.05) is 18.0 Å². The number of hydrogen-bond donors (Lipinski definition) is 2. The van der Waals surface area contributed by atoms with Crippen LogP contribution in [0.15, 0.2) is 19.0 Å². The largest absolute Gasteiger partial charge is 0.443 e. The minimum atomic E-state index is -1.01. The lowest BCUT2D eigenvalue weighted by molar-refractivity contribution is -0.107. The number of aromatic nitrogens is 2. The van der Waals surface area contributed by atoms with Gasteiger partial charge in [-0.25, -0.2) is 19.6 Å². The van der Waals surface area contributed by atoms with Crippen molar-refractivity contribution >= 4 is 24.2 Å². The zero-order chi connectivity index (χ0) is 24.8. The van der Waals surface area contributed by atoms with E-state index in [1.165, 1.54) is 12.4 Å². The van der Waals surface area contributed by atoms with Gasteiger partial charge in [0.2, 0.25) is 5.95 Å². The summed E-state index contributed by atoms with van der Waals surface area (Å²) in [5, 5.41) is 18.2. The third kappa shape index (κ3) is 10.9. The second kappa shape index (κ2) is 10.2. The predicted octanol–water partition coefficient (Wildman–Crippen LogP) is 4.32. The van der Waals surface area contributed by atoms with Crippen LogP contribution >= 0.6 is 0 Å². The number of ether oxygens (including phenoxy) is 2. The van der Waals surface area contributed by atoms with Crippen LogP contribution in [0.2, 0.25) is 0 Å². The third-order valence-corrected chi connectivity index (χ3v) is 3.74. The molecule has 1 aromatic heterocycles. The maximum absolute atomic E-state index is 12.3. The van der Waals surface area contributed by atoms with Crippen LogP contribution in [0.4, 0.5) is 15.5 Å². The Morgan fingerprint density at radius 2 is 1.16 bits per heavy atom. The van der Waals surface area contributed by atoms with Crippen molar-refractivity contribution in [2.24, 2.45) is 0 Å². The summed E-state index contributed by atoms with van der Waals surface area (Å²) in [5.74, 6) is -0.126. The summed E-state index contributed by atoms with van der Waals surface area (Å²) in [7, 11) is 0. The highest BCUT2D eigenvalue weighted by Gasteiger charge is 2.34. The van der Waals surface area contributed by atoms with E-state index in [1.54, 1.807) is 75.3 Å². The van der Waals surface area contributed by atoms with Crippen LogP contribution in [0.1, 0.15) is 74.8 Å². The smallest absolute Gasteiger partial charge is 0.427 e. The molecular weight excluding hydrogens is 402 g/mol. The molecule has 0 aliphatic carbocycles. The van der Waals surface area contributed by atoms with Gasteiger partial charge < -0.3 is 19.7 Å². The van der Waals surface area contributed by atoms with Gasteiger partial charge in [-0.2, -0.15) is 0 Å². The lowest BCUT2D eigenvalue weighted by atomic mass is 9.90. The number of hydrogen-bond acceptors (Lipinski definition) is 8. The van der Waals surface area contributed by atoms with Gasteiger partial charge in [-0.3, -0.25) is 0 Å². The van der Waals surface area contributed by atoms with Crippen LogP contribution in [0, 0.1) is 0 Å². The Labute approximate surface area is 185 Å². The summed E-state index contributed by atoms with van der Waals surface area (Å²) in [4.78, 5) is 33.3. The minimum Gasteiger partial charge on any atom is -0.443 e. The van der Waals surface area contributed by atoms with Gasteiger partial charge in [0.15, 0.2) is 0 Å². The normalized spacial score (nSPS) is 12.3. The molecule has 0 saturated carbocycles. The van der Waals surface area contributed by atoms with Gasteiger partial charge in [0.05, 0.1) is 11.2 Å². The Balaban J connectivity index is 0.000000954. The molecule has 2 N–H and O–H groups in total. The third-order valence-electron chi connectivity index (χ3n) is 3.74. The molecule has 0 atom stereocenters. The lowest BCUT2D eigenvalue weighted by Gasteiger charge is -2.31. The van der Waals surface area contributed by atoms with Crippen LogP contribution in [0.5, 0.6) is 0 Å². The molecular formula is C22H37N3O6. The monoisotopic (exact) mass is 439 g/mol. The maximum Gasteiger partial charge on any atom is 0.427 e. The van der Waals surface area contributed by atoms with Crippen molar-refractivity contribution < 1.29 is 29.3 Å². The first kappa shape index (κ1) is 28.5. The van der Waals surface area contributed by atoms with E-state index in [2.05, 4.69) is 16.5 Å². The predicted molar refractivity (Wildman–Crippen MR) is 120 cm³/mol. The highest BCUT2D eigenvalue weighted by atomic mass is 16.6. The number of nitrogens with zero attached hydrogens (tertiary/aromatic N) is 3. The van der Waals surface area contributed by atoms with Crippen LogP contribution in [0.3, 0.4) is 0 Å². The Morgan fingerprint density at radius 3 is 1.39 bits per heavy atom. The molecule has 0 saturated heterocycles. The van der Waals surface area contributed by atoms with Crippen molar-refractivity contribution in [2.45, 2.75) is 91.6 Å². The van der Waals surface area contributed by atoms with E-state index >= 15 is 0 Å². The Kier molecular flexibility index (Phi) is 9.36. The van der Waals surface area contributed by atoms with E-state index in [-0.39, 0.29) is 5.95 Å². The second-order valence-electron chi connectivity index (χ2n) is 9.93. The number of rotatable bonds is 3. The van der Waals surface area contributed by atoms with Crippen LogP contribution in [-0.4, -0.2) is 54.8 Å². The van der Waals surface area contributed by atoms with Crippen molar-refractivity contribution in [3.8, 4) is 0 Å². The van der Waals surface area contributed by atoms with Gasteiger partial charge in [-0.1, -0.05) is 12.7 Å². The molecule has 0 spiro atoms. The number of aliphatic hydroxyl groups is 2. The molecule has 1 aromatic rings. The fourth-order valence-electron chi connectivity index (χ4n) is 1.41. The van der Waals surface area contributed by atoms with Crippen LogP contribution in [-0.2, 0) is 9.47 Å². The van der Waals surface area contributed by atoms with Gasteiger partial charge in [0.25, 0.3) is 0 Å². The van der Waals surface area contributed by atoms with Crippen molar-refractivity contribution in [3.63, 3.8) is 0 Å². The zero-order valence-electron chi connectivity index (χ0n) is 20.3. The number of anilines is 1. The summed E-state index contributed by atoms with van der Waals surface area (Å²) in [6.07, 6.45) is 2.62. The summed E-state index contributed by atoms with van der Waals surface area (Å²) in [6.45, 7) is 20.1. The molecule has 0 aliphatic heterocycles. The standard InChI is InChI=1S/C16H23N3O4.C6H14O2/c1-8-11-9-17-12(18-10-11)19(13(20)22-15(2,3)4)14(21)23-16(5,6)7;1-5(2,7)6(3,4)8/h8-10H,1H2,2-7H3;7-8H,1-4H3. The summed E-state index contributed by atoms with van der Waals surface area (Å²) >= 11 is 0. The quantitative estimate of drug-likeness (QED) is 0.714. The van der Waals surface area contributed by atoms with E-state index in [1.807, 2.05) is 0 Å². The van der Waals surface area contributed by atoms with E-state index in [0.717, 1.165) is 0 Å². The summed E-state index contributed by atoms with van der Waals surface area (Å²) in [5.41, 5.74) is -2.92. The molecule has 0 unspecified atom stereocenters. The molecule has 176 valence electrons. The van der Waals surface area contributed by atoms with E-state index in [0.29, 0.717) is 10.5 Å². The van der Waals surface area contributed by atoms with Crippen LogP contribution < -0.4 is 4.90 Å². The number of carbonyl (C=O) groups is 2. The molecule has 0 aliphatic rings. The first-order valence-corrected chi connectivity index (χ1v) is 9.83. The van der Waals surface area contributed by atoms with Gasteiger partial charge in [-0.15, -0.1) is 4.90 Å². The molecule has 0 bridgehead atoms. The average Bonchev–Trinajstić information content (AvgIpc) is 2.51. The van der Waals surface area contributed by atoms with Crippen molar-refractivity contribution in [1.29, 1.82) is 0 Å². The Bertz CT molecular complexity index is 708. The Hall–Kier alpha value is -2.52. The molecule has 1 rings (SSSR count). The topological polar surface area (TPSA) is 122 Å². The molecule has 9 nitrogen and oxygen atoms in total. The first-order valence-electron chi connectivity index (χ1n) is 9.83. The molecule has 0 radical (unpaired) electrons. The van der Waals surface area contributed by atoms with Crippen LogP contribution in [0.25, 0.3) is 6.08 Å². The zero-order valence-corrected chi connectivity index (χ0v) is 20.3. The summed E-state index contributed by atoms with van der Waals surface area (Å²) < 4.78 is 10.5. The highest BCUT2D eigenvalue weighted by Crippen LogP contribution is 2.20. The first-order chi connectivity index (χ1) is 13.7. The number of imide groups is 1. The van der Waals surface area contributed by atoms with Crippen molar-refractivity contribution in [2.75, 3.05) is 4.90 Å². The fraction of sp³-hybridized carbons (Fsp3) is 0.636. The van der Waals surface area contributed by atoms with E-state index in [4.69, 9.17) is 19.7 Å². The van der Waals surface area contributed by atoms with Gasteiger partial charge >= 0.3 is 12.2 Å². The average molecular weight is 440 g/mol. The number of amides is 2. The fourth-order valence-corrected chi connectivity index (χ4v) is 1.41. The molecule has 0 fully saturated rings. The molecule has 9 heteroatoms. The molecule has 0 aromatic carbocycles. The highest BCUT2D eigenvalue weighted by molar-refractivity contribution is 6.08. The second-order valence-corrected chi connectivity index (χ2v) is 9.93. The number of carbonyl (C=O) groups excluding carboxylic acids is 2. The van der Waals surface area contributed by atoms with Gasteiger partial charge in [0.1, 0.15) is 11.2 Å². The maximum atomic E-state index is 12.3. The minimum absolute atomic E-state index is 0.126.